The predicted molar refractivity (Wildman–Crippen MR) is 92.7 cm³/mol. The second-order valence-electron chi connectivity index (χ2n) is 6.21. The molecule has 0 bridgehead atoms. The summed E-state index contributed by atoms with van der Waals surface area (Å²) in [4.78, 5) is 33.4. The number of aromatic nitrogens is 1. The van der Waals surface area contributed by atoms with E-state index in [0.29, 0.717) is 30.7 Å². The largest absolute Gasteiger partial charge is 0.359 e. The Hall–Kier alpha value is -2.47. The normalized spacial score (nSPS) is 19.1. The highest BCUT2D eigenvalue weighted by Crippen LogP contribution is 2.19. The van der Waals surface area contributed by atoms with Crippen molar-refractivity contribution in [3.63, 3.8) is 0 Å². The SMILES string of the molecule is CNC(=O)C1CN(C)CCN(C(=O)c2cccc3cccnc23)C1. The molecule has 1 N–H and O–H groups in total. The van der Waals surface area contributed by atoms with Crippen LogP contribution in [0.2, 0.25) is 0 Å². The Kier molecular flexibility index (Phi) is 4.76. The molecule has 0 saturated carbocycles. The van der Waals surface area contributed by atoms with Crippen molar-refractivity contribution in [2.75, 3.05) is 40.3 Å². The lowest BCUT2D eigenvalue weighted by Gasteiger charge is -2.23. The van der Waals surface area contributed by atoms with Crippen molar-refractivity contribution in [3.05, 3.63) is 42.1 Å². The van der Waals surface area contributed by atoms with Crippen LogP contribution in [0.3, 0.4) is 0 Å². The third-order valence-electron chi connectivity index (χ3n) is 4.49. The van der Waals surface area contributed by atoms with Gasteiger partial charge in [-0.05, 0) is 19.2 Å². The molecule has 1 unspecified atom stereocenters. The summed E-state index contributed by atoms with van der Waals surface area (Å²) in [5.74, 6) is -0.324. The number of benzene rings is 1. The van der Waals surface area contributed by atoms with Gasteiger partial charge in [-0.2, -0.15) is 0 Å². The molecule has 1 fully saturated rings. The van der Waals surface area contributed by atoms with Gasteiger partial charge in [0.25, 0.3) is 5.91 Å². The van der Waals surface area contributed by atoms with Gasteiger partial charge in [0.15, 0.2) is 0 Å². The maximum absolute atomic E-state index is 13.1. The summed E-state index contributed by atoms with van der Waals surface area (Å²) in [5, 5.41) is 3.64. The van der Waals surface area contributed by atoms with E-state index in [-0.39, 0.29) is 17.7 Å². The van der Waals surface area contributed by atoms with Crippen molar-refractivity contribution < 1.29 is 9.59 Å². The molecular formula is C18H22N4O2. The molecule has 0 aliphatic carbocycles. The number of nitrogens with zero attached hydrogens (tertiary/aromatic N) is 3. The highest BCUT2D eigenvalue weighted by atomic mass is 16.2. The minimum absolute atomic E-state index is 0.0300. The molecule has 2 aromatic rings. The summed E-state index contributed by atoms with van der Waals surface area (Å²) >= 11 is 0. The zero-order chi connectivity index (χ0) is 17.1. The summed E-state index contributed by atoms with van der Waals surface area (Å²) < 4.78 is 0. The molecule has 0 spiro atoms. The van der Waals surface area contributed by atoms with Crippen LogP contribution < -0.4 is 5.32 Å². The van der Waals surface area contributed by atoms with Gasteiger partial charge in [0.1, 0.15) is 0 Å². The summed E-state index contributed by atoms with van der Waals surface area (Å²) in [7, 11) is 3.61. The molecule has 6 heteroatoms. The van der Waals surface area contributed by atoms with Gasteiger partial charge in [0.05, 0.1) is 17.0 Å². The second kappa shape index (κ2) is 6.97. The summed E-state index contributed by atoms with van der Waals surface area (Å²) in [6, 6.07) is 9.43. The molecule has 1 aromatic heterocycles. The van der Waals surface area contributed by atoms with Crippen LogP contribution in [-0.2, 0) is 4.79 Å². The van der Waals surface area contributed by atoms with Crippen LogP contribution in [-0.4, -0.2) is 66.9 Å². The van der Waals surface area contributed by atoms with Crippen LogP contribution in [0.1, 0.15) is 10.4 Å². The third-order valence-corrected chi connectivity index (χ3v) is 4.49. The Morgan fingerprint density at radius 3 is 2.75 bits per heavy atom. The number of carbonyl (C=O) groups is 2. The monoisotopic (exact) mass is 326 g/mol. The first-order valence-corrected chi connectivity index (χ1v) is 8.13. The number of para-hydroxylation sites is 1. The number of likely N-dealkylation sites (N-methyl/N-ethyl adjacent to an activating group) is 1. The summed E-state index contributed by atoms with van der Waals surface area (Å²) in [5.41, 5.74) is 1.30. The van der Waals surface area contributed by atoms with Gasteiger partial charge in [-0.1, -0.05) is 18.2 Å². The number of hydrogen-bond acceptors (Lipinski definition) is 4. The Morgan fingerprint density at radius 2 is 1.96 bits per heavy atom. The Labute approximate surface area is 141 Å². The second-order valence-corrected chi connectivity index (χ2v) is 6.21. The van der Waals surface area contributed by atoms with Gasteiger partial charge < -0.3 is 15.1 Å². The minimum Gasteiger partial charge on any atom is -0.359 e. The molecule has 1 aromatic carbocycles. The number of pyridine rings is 1. The van der Waals surface area contributed by atoms with E-state index in [9.17, 15) is 9.59 Å². The molecule has 126 valence electrons. The number of hydrogen-bond donors (Lipinski definition) is 1. The van der Waals surface area contributed by atoms with Gasteiger partial charge in [-0.3, -0.25) is 14.6 Å². The first kappa shape index (κ1) is 16.4. The first-order valence-electron chi connectivity index (χ1n) is 8.13. The molecule has 24 heavy (non-hydrogen) atoms. The Bertz CT molecular complexity index is 756. The molecule has 2 amide bonds. The average Bonchev–Trinajstić information content (AvgIpc) is 2.81. The maximum atomic E-state index is 13.1. The Morgan fingerprint density at radius 1 is 1.17 bits per heavy atom. The smallest absolute Gasteiger partial charge is 0.256 e. The third kappa shape index (κ3) is 3.23. The standard InChI is InChI=1S/C18H22N4O2/c1-19-17(23)14-11-21(2)9-10-22(12-14)18(24)15-7-3-5-13-6-4-8-20-16(13)15/h3-8,14H,9-12H2,1-2H3,(H,19,23). The van der Waals surface area contributed by atoms with E-state index in [1.54, 1.807) is 24.2 Å². The molecule has 6 nitrogen and oxygen atoms in total. The summed E-state index contributed by atoms with van der Waals surface area (Å²) in [6.07, 6.45) is 1.70. The summed E-state index contributed by atoms with van der Waals surface area (Å²) in [6.45, 7) is 2.42. The molecule has 1 saturated heterocycles. The van der Waals surface area contributed by atoms with Gasteiger partial charge in [-0.25, -0.2) is 0 Å². The average molecular weight is 326 g/mol. The number of fused-ring (bicyclic) bond motifs is 1. The van der Waals surface area contributed by atoms with Crippen LogP contribution in [0.4, 0.5) is 0 Å². The van der Waals surface area contributed by atoms with E-state index in [1.807, 2.05) is 31.3 Å². The van der Waals surface area contributed by atoms with E-state index in [1.165, 1.54) is 0 Å². The first-order chi connectivity index (χ1) is 11.6. The van der Waals surface area contributed by atoms with E-state index in [0.717, 1.165) is 11.9 Å². The molecule has 1 aliphatic rings. The number of carbonyl (C=O) groups excluding carboxylic acids is 2. The Balaban J connectivity index is 1.91. The molecule has 3 rings (SSSR count). The minimum atomic E-state index is -0.227. The van der Waals surface area contributed by atoms with E-state index in [4.69, 9.17) is 0 Å². The van der Waals surface area contributed by atoms with Crippen molar-refractivity contribution in [1.29, 1.82) is 0 Å². The van der Waals surface area contributed by atoms with Gasteiger partial charge in [0.2, 0.25) is 5.91 Å². The predicted octanol–water partition coefficient (Wildman–Crippen LogP) is 0.985. The van der Waals surface area contributed by atoms with Crippen molar-refractivity contribution in [3.8, 4) is 0 Å². The number of rotatable bonds is 2. The van der Waals surface area contributed by atoms with E-state index in [2.05, 4.69) is 15.2 Å². The van der Waals surface area contributed by atoms with Gasteiger partial charge in [0, 0.05) is 44.8 Å². The van der Waals surface area contributed by atoms with Crippen molar-refractivity contribution >= 4 is 22.7 Å². The van der Waals surface area contributed by atoms with Crippen LogP contribution >= 0.6 is 0 Å². The molecule has 0 radical (unpaired) electrons. The molecule has 1 atom stereocenters. The zero-order valence-corrected chi connectivity index (χ0v) is 14.0. The fraction of sp³-hybridized carbons (Fsp3) is 0.389. The lowest BCUT2D eigenvalue weighted by Crippen LogP contribution is -2.41. The lowest BCUT2D eigenvalue weighted by molar-refractivity contribution is -0.125. The molecule has 2 heterocycles. The van der Waals surface area contributed by atoms with Crippen molar-refractivity contribution in [1.82, 2.24) is 20.1 Å². The number of amides is 2. The molecule has 1 aliphatic heterocycles. The van der Waals surface area contributed by atoms with Crippen molar-refractivity contribution in [2.24, 2.45) is 5.92 Å². The highest BCUT2D eigenvalue weighted by molar-refractivity contribution is 6.05. The van der Waals surface area contributed by atoms with Crippen LogP contribution in [0.5, 0.6) is 0 Å². The fourth-order valence-electron chi connectivity index (χ4n) is 3.18. The van der Waals surface area contributed by atoms with E-state index >= 15 is 0 Å². The fourth-order valence-corrected chi connectivity index (χ4v) is 3.18. The van der Waals surface area contributed by atoms with Crippen LogP contribution in [0, 0.1) is 5.92 Å². The maximum Gasteiger partial charge on any atom is 0.256 e. The van der Waals surface area contributed by atoms with Gasteiger partial charge >= 0.3 is 0 Å². The number of nitrogens with one attached hydrogen (secondary N) is 1. The highest BCUT2D eigenvalue weighted by Gasteiger charge is 2.29. The zero-order valence-electron chi connectivity index (χ0n) is 14.0. The van der Waals surface area contributed by atoms with Crippen LogP contribution in [0.15, 0.2) is 36.5 Å². The topological polar surface area (TPSA) is 65.5 Å². The van der Waals surface area contributed by atoms with Crippen LogP contribution in [0.25, 0.3) is 10.9 Å². The quantitative estimate of drug-likeness (QED) is 0.894. The molecular weight excluding hydrogens is 304 g/mol. The van der Waals surface area contributed by atoms with Crippen molar-refractivity contribution in [2.45, 2.75) is 0 Å². The lowest BCUT2D eigenvalue weighted by atomic mass is 10.1. The van der Waals surface area contributed by atoms with E-state index < -0.39 is 0 Å². The van der Waals surface area contributed by atoms with Gasteiger partial charge in [-0.15, -0.1) is 0 Å².